The summed E-state index contributed by atoms with van der Waals surface area (Å²) in [7, 11) is 1.96. The maximum Gasteiger partial charge on any atom is 0.0876 e. The molecule has 74 valence electrons. The average Bonchev–Trinajstić information content (AvgIpc) is 2.43. The quantitative estimate of drug-likeness (QED) is 0.846. The molecule has 2 nitrogen and oxygen atoms in total. The topological polar surface area (TPSA) is 27.8 Å². The Balaban J connectivity index is 2.64. The highest BCUT2D eigenvalue weighted by Crippen LogP contribution is 2.26. The van der Waals surface area contributed by atoms with E-state index >= 15 is 0 Å². The van der Waals surface area contributed by atoms with Crippen molar-refractivity contribution in [1.82, 2.24) is 10.3 Å². The SMILES string of the molecule is CNCc1c(Br)[nH]c2cc(C)ccc12. The zero-order chi connectivity index (χ0) is 10.1. The van der Waals surface area contributed by atoms with Crippen LogP contribution in [0.5, 0.6) is 0 Å². The number of aromatic amines is 1. The lowest BCUT2D eigenvalue weighted by Crippen LogP contribution is -2.04. The molecular weight excluding hydrogens is 240 g/mol. The summed E-state index contributed by atoms with van der Waals surface area (Å²) in [5.41, 5.74) is 3.77. The molecule has 0 spiro atoms. The van der Waals surface area contributed by atoms with Gasteiger partial charge < -0.3 is 10.3 Å². The third-order valence-corrected chi connectivity index (χ3v) is 3.04. The summed E-state index contributed by atoms with van der Waals surface area (Å²) in [6.45, 7) is 2.98. The van der Waals surface area contributed by atoms with Gasteiger partial charge in [0.05, 0.1) is 4.60 Å². The molecule has 14 heavy (non-hydrogen) atoms. The molecule has 1 aromatic heterocycles. The van der Waals surface area contributed by atoms with E-state index in [9.17, 15) is 0 Å². The number of benzene rings is 1. The summed E-state index contributed by atoms with van der Waals surface area (Å²) >= 11 is 3.54. The van der Waals surface area contributed by atoms with Gasteiger partial charge in [-0.1, -0.05) is 12.1 Å². The van der Waals surface area contributed by atoms with Gasteiger partial charge >= 0.3 is 0 Å². The van der Waals surface area contributed by atoms with Crippen molar-refractivity contribution in [2.24, 2.45) is 0 Å². The molecule has 0 saturated carbocycles. The van der Waals surface area contributed by atoms with Gasteiger partial charge in [0.25, 0.3) is 0 Å². The lowest BCUT2D eigenvalue weighted by atomic mass is 10.1. The molecule has 0 saturated heterocycles. The number of fused-ring (bicyclic) bond motifs is 1. The Morgan fingerprint density at radius 1 is 1.43 bits per heavy atom. The molecule has 0 aliphatic rings. The lowest BCUT2D eigenvalue weighted by Gasteiger charge is -1.98. The summed E-state index contributed by atoms with van der Waals surface area (Å²) in [6, 6.07) is 6.47. The van der Waals surface area contributed by atoms with Gasteiger partial charge in [-0.15, -0.1) is 0 Å². The van der Waals surface area contributed by atoms with Crippen LogP contribution in [-0.2, 0) is 6.54 Å². The molecule has 0 bridgehead atoms. The third kappa shape index (κ3) is 1.57. The molecular formula is C11H13BrN2. The number of hydrogen-bond donors (Lipinski definition) is 2. The fourth-order valence-corrected chi connectivity index (χ4v) is 2.25. The zero-order valence-corrected chi connectivity index (χ0v) is 9.90. The maximum absolute atomic E-state index is 3.54. The Morgan fingerprint density at radius 2 is 2.21 bits per heavy atom. The molecule has 0 unspecified atom stereocenters. The van der Waals surface area contributed by atoms with Crippen molar-refractivity contribution in [1.29, 1.82) is 0 Å². The second-order valence-electron chi connectivity index (χ2n) is 3.50. The van der Waals surface area contributed by atoms with E-state index in [2.05, 4.69) is 51.4 Å². The molecule has 3 heteroatoms. The molecule has 0 amide bonds. The van der Waals surface area contributed by atoms with E-state index in [0.29, 0.717) is 0 Å². The van der Waals surface area contributed by atoms with Crippen LogP contribution in [0.3, 0.4) is 0 Å². The molecule has 0 atom stereocenters. The van der Waals surface area contributed by atoms with Gasteiger partial charge in [-0.05, 0) is 41.5 Å². The van der Waals surface area contributed by atoms with E-state index in [-0.39, 0.29) is 0 Å². The highest BCUT2D eigenvalue weighted by Gasteiger charge is 2.07. The normalized spacial score (nSPS) is 11.1. The second-order valence-corrected chi connectivity index (χ2v) is 4.29. The molecule has 2 aromatic rings. The van der Waals surface area contributed by atoms with E-state index in [1.54, 1.807) is 0 Å². The first kappa shape index (κ1) is 9.74. The minimum atomic E-state index is 0.879. The Kier molecular flexibility index (Phi) is 2.61. The summed E-state index contributed by atoms with van der Waals surface area (Å²) in [6.07, 6.45) is 0. The van der Waals surface area contributed by atoms with Crippen LogP contribution in [0.15, 0.2) is 22.8 Å². The Bertz CT molecular complexity index is 460. The van der Waals surface area contributed by atoms with Crippen molar-refractivity contribution in [3.63, 3.8) is 0 Å². The number of H-pyrrole nitrogens is 1. The molecule has 1 heterocycles. The van der Waals surface area contributed by atoms with Gasteiger partial charge in [0, 0.05) is 23.0 Å². The summed E-state index contributed by atoms with van der Waals surface area (Å²) < 4.78 is 1.08. The van der Waals surface area contributed by atoms with E-state index in [4.69, 9.17) is 0 Å². The van der Waals surface area contributed by atoms with Gasteiger partial charge in [-0.25, -0.2) is 0 Å². The molecule has 2 rings (SSSR count). The predicted molar refractivity (Wildman–Crippen MR) is 63.5 cm³/mol. The number of halogens is 1. The number of hydrogen-bond acceptors (Lipinski definition) is 1. The van der Waals surface area contributed by atoms with Crippen molar-refractivity contribution in [3.05, 3.63) is 33.9 Å². The van der Waals surface area contributed by atoms with Crippen LogP contribution in [0, 0.1) is 6.92 Å². The Labute approximate surface area is 91.8 Å². The highest BCUT2D eigenvalue weighted by atomic mass is 79.9. The Morgan fingerprint density at radius 3 is 2.93 bits per heavy atom. The smallest absolute Gasteiger partial charge is 0.0876 e. The third-order valence-electron chi connectivity index (χ3n) is 2.36. The van der Waals surface area contributed by atoms with E-state index in [1.165, 1.54) is 22.0 Å². The van der Waals surface area contributed by atoms with Gasteiger partial charge in [-0.3, -0.25) is 0 Å². The van der Waals surface area contributed by atoms with Crippen molar-refractivity contribution < 1.29 is 0 Å². The van der Waals surface area contributed by atoms with Crippen molar-refractivity contribution in [2.75, 3.05) is 7.05 Å². The fourth-order valence-electron chi connectivity index (χ4n) is 1.69. The zero-order valence-electron chi connectivity index (χ0n) is 8.32. The van der Waals surface area contributed by atoms with Crippen LogP contribution < -0.4 is 5.32 Å². The molecule has 0 radical (unpaired) electrons. The number of nitrogens with one attached hydrogen (secondary N) is 2. The van der Waals surface area contributed by atoms with Gasteiger partial charge in [0.1, 0.15) is 0 Å². The van der Waals surface area contributed by atoms with Crippen molar-refractivity contribution >= 4 is 26.8 Å². The largest absolute Gasteiger partial charge is 0.349 e. The van der Waals surface area contributed by atoms with Crippen LogP contribution in [-0.4, -0.2) is 12.0 Å². The molecule has 1 aromatic carbocycles. The first-order valence-electron chi connectivity index (χ1n) is 4.63. The number of rotatable bonds is 2. The maximum atomic E-state index is 3.54. The minimum Gasteiger partial charge on any atom is -0.349 e. The average molecular weight is 253 g/mol. The molecule has 0 aliphatic heterocycles. The predicted octanol–water partition coefficient (Wildman–Crippen LogP) is 2.96. The highest BCUT2D eigenvalue weighted by molar-refractivity contribution is 9.10. The minimum absolute atomic E-state index is 0.879. The monoisotopic (exact) mass is 252 g/mol. The van der Waals surface area contributed by atoms with E-state index in [1.807, 2.05) is 7.05 Å². The van der Waals surface area contributed by atoms with E-state index < -0.39 is 0 Å². The van der Waals surface area contributed by atoms with Gasteiger partial charge in [0.15, 0.2) is 0 Å². The van der Waals surface area contributed by atoms with Gasteiger partial charge in [0.2, 0.25) is 0 Å². The van der Waals surface area contributed by atoms with Crippen LogP contribution >= 0.6 is 15.9 Å². The van der Waals surface area contributed by atoms with Crippen molar-refractivity contribution in [2.45, 2.75) is 13.5 Å². The van der Waals surface area contributed by atoms with Gasteiger partial charge in [-0.2, -0.15) is 0 Å². The van der Waals surface area contributed by atoms with Crippen molar-refractivity contribution in [3.8, 4) is 0 Å². The number of aryl methyl sites for hydroxylation is 1. The first-order chi connectivity index (χ1) is 6.72. The standard InChI is InChI=1S/C11H13BrN2/c1-7-3-4-8-9(6-13-2)11(12)14-10(8)5-7/h3-5,13-14H,6H2,1-2H3. The second kappa shape index (κ2) is 3.75. The van der Waals surface area contributed by atoms with E-state index in [0.717, 1.165) is 11.1 Å². The van der Waals surface area contributed by atoms with Crippen LogP contribution in [0.1, 0.15) is 11.1 Å². The lowest BCUT2D eigenvalue weighted by molar-refractivity contribution is 0.819. The van der Waals surface area contributed by atoms with Crippen LogP contribution in [0.25, 0.3) is 10.9 Å². The summed E-state index contributed by atoms with van der Waals surface area (Å²) in [4.78, 5) is 3.33. The first-order valence-corrected chi connectivity index (χ1v) is 5.43. The van der Waals surface area contributed by atoms with Crippen LogP contribution in [0.2, 0.25) is 0 Å². The van der Waals surface area contributed by atoms with Crippen LogP contribution in [0.4, 0.5) is 0 Å². The number of aromatic nitrogens is 1. The fraction of sp³-hybridized carbons (Fsp3) is 0.273. The molecule has 0 fully saturated rings. The summed E-state index contributed by atoms with van der Waals surface area (Å²) in [5.74, 6) is 0. The molecule has 2 N–H and O–H groups in total. The Hall–Kier alpha value is -0.800. The molecule has 0 aliphatic carbocycles. The summed E-state index contributed by atoms with van der Waals surface area (Å²) in [5, 5.41) is 4.46.